The number of halogens is 3. The van der Waals surface area contributed by atoms with Crippen LogP contribution in [0.5, 0.6) is 5.75 Å². The maximum atomic E-state index is 12.8. The summed E-state index contributed by atoms with van der Waals surface area (Å²) in [6.45, 7) is 5.02. The molecule has 0 fully saturated rings. The van der Waals surface area contributed by atoms with E-state index in [2.05, 4.69) is 15.6 Å². The number of benzene rings is 1. The van der Waals surface area contributed by atoms with Gasteiger partial charge in [0.25, 0.3) is 12.3 Å². The summed E-state index contributed by atoms with van der Waals surface area (Å²) < 4.78 is 29.5. The number of pyridine rings is 1. The summed E-state index contributed by atoms with van der Waals surface area (Å²) in [5, 5.41) is 5.97. The maximum absolute atomic E-state index is 12.8. The Bertz CT molecular complexity index is 909. The summed E-state index contributed by atoms with van der Waals surface area (Å²) in [4.78, 5) is 28.8. The van der Waals surface area contributed by atoms with Crippen LogP contribution in [0.3, 0.4) is 0 Å². The molecule has 1 aromatic carbocycles. The molecule has 9 heteroatoms. The molecule has 168 valence electrons. The fourth-order valence-corrected chi connectivity index (χ4v) is 3.15. The predicted octanol–water partition coefficient (Wildman–Crippen LogP) is 4.18. The monoisotopic (exact) mass is 453 g/mol. The zero-order chi connectivity index (χ0) is 23.0. The van der Waals surface area contributed by atoms with Crippen LogP contribution in [-0.4, -0.2) is 36.4 Å². The van der Waals surface area contributed by atoms with E-state index in [1.54, 1.807) is 45.2 Å². The molecule has 2 rings (SSSR count). The van der Waals surface area contributed by atoms with Crippen LogP contribution in [0.2, 0.25) is 5.02 Å². The molecular weight excluding hydrogens is 428 g/mol. The Hall–Kier alpha value is -2.74. The summed E-state index contributed by atoms with van der Waals surface area (Å²) in [5.41, 5.74) is 1.59. The van der Waals surface area contributed by atoms with Gasteiger partial charge in [-0.1, -0.05) is 31.5 Å². The van der Waals surface area contributed by atoms with Gasteiger partial charge in [0.15, 0.2) is 0 Å². The largest absolute Gasteiger partial charge is 0.488 e. The Morgan fingerprint density at radius 3 is 2.58 bits per heavy atom. The summed E-state index contributed by atoms with van der Waals surface area (Å²) in [6, 6.07) is 7.47. The van der Waals surface area contributed by atoms with Crippen molar-refractivity contribution >= 4 is 23.4 Å². The highest BCUT2D eigenvalue weighted by atomic mass is 35.5. The minimum absolute atomic E-state index is 0.0637. The van der Waals surface area contributed by atoms with Crippen molar-refractivity contribution in [2.75, 3.05) is 13.2 Å². The number of ether oxygens (including phenoxy) is 1. The van der Waals surface area contributed by atoms with E-state index in [0.29, 0.717) is 34.8 Å². The first-order valence-corrected chi connectivity index (χ1v) is 10.3. The number of amides is 2. The van der Waals surface area contributed by atoms with Crippen molar-refractivity contribution in [1.82, 2.24) is 15.6 Å². The number of nitrogens with one attached hydrogen (secondary N) is 2. The van der Waals surface area contributed by atoms with Crippen molar-refractivity contribution in [3.05, 3.63) is 58.4 Å². The third-order valence-corrected chi connectivity index (χ3v) is 4.81. The molecule has 2 aromatic rings. The average Bonchev–Trinajstić information content (AvgIpc) is 2.72. The van der Waals surface area contributed by atoms with Crippen molar-refractivity contribution in [2.24, 2.45) is 5.92 Å². The van der Waals surface area contributed by atoms with Crippen molar-refractivity contribution in [1.29, 1.82) is 0 Å². The fraction of sp³-hybridized carbons (Fsp3) is 0.409. The third kappa shape index (κ3) is 7.47. The van der Waals surface area contributed by atoms with Crippen LogP contribution < -0.4 is 15.4 Å². The lowest BCUT2D eigenvalue weighted by atomic mass is 10.1. The van der Waals surface area contributed by atoms with Crippen LogP contribution in [0.15, 0.2) is 36.5 Å². The van der Waals surface area contributed by atoms with E-state index in [0.717, 1.165) is 0 Å². The quantitative estimate of drug-likeness (QED) is 0.565. The molecule has 0 aliphatic heterocycles. The Labute approximate surface area is 185 Å². The van der Waals surface area contributed by atoms with Gasteiger partial charge in [0.2, 0.25) is 5.91 Å². The number of nitrogens with zero attached hydrogens (tertiary/aromatic N) is 1. The maximum Gasteiger partial charge on any atom is 0.272 e. The molecule has 0 spiro atoms. The summed E-state index contributed by atoms with van der Waals surface area (Å²) in [7, 11) is 0. The van der Waals surface area contributed by atoms with Gasteiger partial charge in [-0.3, -0.25) is 14.6 Å². The fourth-order valence-electron chi connectivity index (χ4n) is 2.81. The molecule has 2 N–H and O–H groups in total. The Morgan fingerprint density at radius 2 is 1.94 bits per heavy atom. The van der Waals surface area contributed by atoms with Gasteiger partial charge >= 0.3 is 0 Å². The molecule has 0 saturated carbocycles. The van der Waals surface area contributed by atoms with Gasteiger partial charge < -0.3 is 15.4 Å². The highest BCUT2D eigenvalue weighted by Crippen LogP contribution is 2.28. The number of aromatic nitrogens is 1. The van der Waals surface area contributed by atoms with Crippen LogP contribution >= 0.6 is 11.6 Å². The van der Waals surface area contributed by atoms with Crippen LogP contribution in [-0.2, 0) is 11.2 Å². The summed E-state index contributed by atoms with van der Waals surface area (Å²) >= 11 is 6.25. The standard InChI is InChI=1S/C22H26ClF2N3O3/c1-13(2)21(29)27-10-8-19-17(5-4-9-26-19)22(30)28-14(3)16-7-6-15(11-18(16)23)31-12-20(24)25/h4-7,9,11,13-14,20H,8,10,12H2,1-3H3,(H,27,29)(H,28,30). The van der Waals surface area contributed by atoms with Crippen LogP contribution in [0, 0.1) is 5.92 Å². The van der Waals surface area contributed by atoms with Crippen LogP contribution in [0.4, 0.5) is 8.78 Å². The molecule has 0 saturated heterocycles. The number of hydrogen-bond acceptors (Lipinski definition) is 4. The first kappa shape index (κ1) is 24.5. The summed E-state index contributed by atoms with van der Waals surface area (Å²) in [5.74, 6) is -0.291. The summed E-state index contributed by atoms with van der Waals surface area (Å²) in [6.07, 6.45) is -0.577. The van der Waals surface area contributed by atoms with Gasteiger partial charge in [-0.2, -0.15) is 0 Å². The highest BCUT2D eigenvalue weighted by Gasteiger charge is 2.18. The molecule has 6 nitrogen and oxygen atoms in total. The highest BCUT2D eigenvalue weighted by molar-refractivity contribution is 6.31. The normalized spacial score (nSPS) is 12.0. The average molecular weight is 454 g/mol. The SMILES string of the molecule is CC(C)C(=O)NCCc1ncccc1C(=O)NC(C)c1ccc(OCC(F)F)cc1Cl. The molecular formula is C22H26ClF2N3O3. The zero-order valence-electron chi connectivity index (χ0n) is 17.6. The number of alkyl halides is 2. The molecule has 1 heterocycles. The van der Waals surface area contributed by atoms with Crippen molar-refractivity contribution in [3.8, 4) is 5.75 Å². The molecule has 0 aliphatic carbocycles. The zero-order valence-corrected chi connectivity index (χ0v) is 18.4. The molecule has 1 unspecified atom stereocenters. The first-order valence-electron chi connectivity index (χ1n) is 9.92. The van der Waals surface area contributed by atoms with Crippen LogP contribution in [0.1, 0.15) is 48.4 Å². The van der Waals surface area contributed by atoms with Gasteiger partial charge in [-0.15, -0.1) is 0 Å². The van der Waals surface area contributed by atoms with Gasteiger partial charge in [-0.05, 0) is 36.8 Å². The van der Waals surface area contributed by atoms with Gasteiger partial charge in [0.1, 0.15) is 12.4 Å². The molecule has 2 amide bonds. The van der Waals surface area contributed by atoms with Crippen LogP contribution in [0.25, 0.3) is 0 Å². The molecule has 1 atom stereocenters. The minimum atomic E-state index is -2.58. The molecule has 0 radical (unpaired) electrons. The molecule has 0 aliphatic rings. The van der Waals surface area contributed by atoms with Crippen molar-refractivity contribution in [2.45, 2.75) is 39.7 Å². The number of hydrogen-bond donors (Lipinski definition) is 2. The van der Waals surface area contributed by atoms with E-state index in [9.17, 15) is 18.4 Å². The number of carbonyl (C=O) groups is 2. The Kier molecular flexibility index (Phi) is 9.18. The lowest BCUT2D eigenvalue weighted by molar-refractivity contribution is -0.123. The van der Waals surface area contributed by atoms with E-state index in [4.69, 9.17) is 16.3 Å². The Morgan fingerprint density at radius 1 is 1.19 bits per heavy atom. The number of rotatable bonds is 10. The van der Waals surface area contributed by atoms with Crippen molar-refractivity contribution in [3.63, 3.8) is 0 Å². The van der Waals surface area contributed by atoms with E-state index in [1.807, 2.05) is 0 Å². The topological polar surface area (TPSA) is 80.3 Å². The van der Waals surface area contributed by atoms with E-state index in [-0.39, 0.29) is 23.5 Å². The van der Waals surface area contributed by atoms with E-state index < -0.39 is 19.1 Å². The third-order valence-electron chi connectivity index (χ3n) is 4.48. The first-order chi connectivity index (χ1) is 14.7. The minimum Gasteiger partial charge on any atom is -0.488 e. The van der Waals surface area contributed by atoms with Gasteiger partial charge in [0.05, 0.1) is 17.3 Å². The van der Waals surface area contributed by atoms with Gasteiger partial charge in [-0.25, -0.2) is 8.78 Å². The van der Waals surface area contributed by atoms with E-state index in [1.165, 1.54) is 12.1 Å². The lowest BCUT2D eigenvalue weighted by Gasteiger charge is -2.18. The lowest BCUT2D eigenvalue weighted by Crippen LogP contribution is -2.31. The van der Waals surface area contributed by atoms with E-state index >= 15 is 0 Å². The predicted molar refractivity (Wildman–Crippen MR) is 115 cm³/mol. The van der Waals surface area contributed by atoms with Crippen molar-refractivity contribution < 1.29 is 23.1 Å². The second-order valence-corrected chi connectivity index (χ2v) is 7.68. The Balaban J connectivity index is 2.04. The smallest absolute Gasteiger partial charge is 0.272 e. The second-order valence-electron chi connectivity index (χ2n) is 7.27. The molecule has 0 bridgehead atoms. The number of carbonyl (C=O) groups excluding carboxylic acids is 2. The molecule has 31 heavy (non-hydrogen) atoms. The molecule has 1 aromatic heterocycles. The second kappa shape index (κ2) is 11.6. The van der Waals surface area contributed by atoms with Gasteiger partial charge in [0, 0.05) is 30.1 Å².